The first kappa shape index (κ1) is 15.0. The highest BCUT2D eigenvalue weighted by Gasteiger charge is 2.30. The second-order valence-corrected chi connectivity index (χ2v) is 5.30. The Hall–Kier alpha value is -1.37. The number of carbonyl (C=O) groups excluding carboxylic acids is 1. The van der Waals surface area contributed by atoms with Gasteiger partial charge in [-0.2, -0.15) is 0 Å². The molecule has 1 aliphatic rings. The van der Waals surface area contributed by atoms with Crippen molar-refractivity contribution in [3.05, 3.63) is 28.8 Å². The fourth-order valence-corrected chi connectivity index (χ4v) is 2.57. The fourth-order valence-electron chi connectivity index (χ4n) is 2.23. The molecule has 108 valence electrons. The molecule has 0 aromatic heterocycles. The number of hydrogen-bond donors (Lipinski definition) is 2. The van der Waals surface area contributed by atoms with E-state index in [0.29, 0.717) is 30.3 Å². The van der Waals surface area contributed by atoms with Gasteiger partial charge in [-0.25, -0.2) is 0 Å². The lowest BCUT2D eigenvalue weighted by Crippen LogP contribution is -2.53. The summed E-state index contributed by atoms with van der Waals surface area (Å²) in [7, 11) is 1.60. The number of amides is 1. The smallest absolute Gasteiger partial charge is 0.244 e. The summed E-state index contributed by atoms with van der Waals surface area (Å²) in [4.78, 5) is 14.2. The van der Waals surface area contributed by atoms with E-state index in [0.717, 1.165) is 5.69 Å². The Kier molecular flexibility index (Phi) is 4.80. The van der Waals surface area contributed by atoms with Crippen LogP contribution in [-0.2, 0) is 9.53 Å². The number of halogens is 1. The SMILES string of the molecule is CNC(=O)C1COCCN1c1cc(Cl)ccc1C(N)=S. The number of likely N-dealkylation sites (N-methyl/N-ethyl adjacent to an activating group) is 1. The molecule has 3 N–H and O–H groups in total. The quantitative estimate of drug-likeness (QED) is 0.813. The lowest BCUT2D eigenvalue weighted by Gasteiger charge is -2.37. The molecule has 0 aliphatic carbocycles. The van der Waals surface area contributed by atoms with Crippen LogP contribution in [0.25, 0.3) is 0 Å². The lowest BCUT2D eigenvalue weighted by atomic mass is 10.1. The minimum absolute atomic E-state index is 0.112. The summed E-state index contributed by atoms with van der Waals surface area (Å²) in [5.74, 6) is -0.112. The molecule has 1 aromatic rings. The third-order valence-electron chi connectivity index (χ3n) is 3.21. The Balaban J connectivity index is 2.44. The number of morpholine rings is 1. The van der Waals surface area contributed by atoms with Crippen LogP contribution >= 0.6 is 23.8 Å². The van der Waals surface area contributed by atoms with Gasteiger partial charge in [-0.1, -0.05) is 23.8 Å². The Labute approximate surface area is 128 Å². The zero-order valence-electron chi connectivity index (χ0n) is 11.1. The fraction of sp³-hybridized carbons (Fsp3) is 0.385. The van der Waals surface area contributed by atoms with Crippen LogP contribution in [0.1, 0.15) is 5.56 Å². The predicted molar refractivity (Wildman–Crippen MR) is 83.4 cm³/mol. The summed E-state index contributed by atoms with van der Waals surface area (Å²) >= 11 is 11.1. The molecule has 1 aliphatic heterocycles. The van der Waals surface area contributed by atoms with E-state index in [1.807, 2.05) is 4.90 Å². The van der Waals surface area contributed by atoms with Crippen LogP contribution in [0.15, 0.2) is 18.2 Å². The van der Waals surface area contributed by atoms with Gasteiger partial charge in [0.2, 0.25) is 5.91 Å². The van der Waals surface area contributed by atoms with E-state index in [-0.39, 0.29) is 10.9 Å². The van der Waals surface area contributed by atoms with Crippen LogP contribution in [0.4, 0.5) is 5.69 Å². The van der Waals surface area contributed by atoms with Gasteiger partial charge < -0.3 is 20.7 Å². The van der Waals surface area contributed by atoms with Crippen molar-refractivity contribution in [1.29, 1.82) is 0 Å². The average molecular weight is 314 g/mol. The first-order valence-electron chi connectivity index (χ1n) is 6.20. The molecule has 1 fully saturated rings. The van der Waals surface area contributed by atoms with Gasteiger partial charge in [0, 0.05) is 29.9 Å². The number of nitrogens with one attached hydrogen (secondary N) is 1. The van der Waals surface area contributed by atoms with E-state index < -0.39 is 6.04 Å². The van der Waals surface area contributed by atoms with Crippen LogP contribution in [0.2, 0.25) is 5.02 Å². The van der Waals surface area contributed by atoms with Gasteiger partial charge in [0.05, 0.1) is 13.2 Å². The normalized spacial score (nSPS) is 18.7. The molecule has 0 radical (unpaired) electrons. The average Bonchev–Trinajstić information content (AvgIpc) is 2.46. The molecule has 5 nitrogen and oxygen atoms in total. The standard InChI is InChI=1S/C13H16ClN3O2S/c1-16-13(18)11-7-19-5-4-17(11)10-6-8(14)2-3-9(10)12(15)20/h2-3,6,11H,4-5,7H2,1H3,(H2,15,20)(H,16,18). The Bertz CT molecular complexity index is 538. The summed E-state index contributed by atoms with van der Waals surface area (Å²) in [6.45, 7) is 1.44. The van der Waals surface area contributed by atoms with Gasteiger partial charge in [-0.3, -0.25) is 4.79 Å². The van der Waals surface area contributed by atoms with Crippen molar-refractivity contribution < 1.29 is 9.53 Å². The summed E-state index contributed by atoms with van der Waals surface area (Å²) in [5, 5.41) is 3.21. The van der Waals surface area contributed by atoms with Crippen LogP contribution < -0.4 is 16.0 Å². The molecule has 0 saturated carbocycles. The molecule has 1 atom stereocenters. The first-order chi connectivity index (χ1) is 9.54. The van der Waals surface area contributed by atoms with E-state index in [2.05, 4.69) is 5.32 Å². The zero-order valence-corrected chi connectivity index (χ0v) is 12.6. The Morgan fingerprint density at radius 3 is 3.00 bits per heavy atom. The molecule has 0 bridgehead atoms. The lowest BCUT2D eigenvalue weighted by molar-refractivity contribution is -0.124. The van der Waals surface area contributed by atoms with Crippen LogP contribution in [0.5, 0.6) is 0 Å². The second kappa shape index (κ2) is 6.39. The number of hydrogen-bond acceptors (Lipinski definition) is 4. The van der Waals surface area contributed by atoms with E-state index >= 15 is 0 Å². The van der Waals surface area contributed by atoms with Crippen LogP contribution in [0.3, 0.4) is 0 Å². The highest BCUT2D eigenvalue weighted by Crippen LogP contribution is 2.28. The molecular weight excluding hydrogens is 298 g/mol. The van der Waals surface area contributed by atoms with E-state index in [1.165, 1.54) is 0 Å². The summed E-state index contributed by atoms with van der Waals surface area (Å²) in [6, 6.07) is 4.86. The Morgan fingerprint density at radius 2 is 2.35 bits per heavy atom. The number of benzene rings is 1. The molecule has 20 heavy (non-hydrogen) atoms. The maximum Gasteiger partial charge on any atom is 0.244 e. The van der Waals surface area contributed by atoms with Crippen molar-refractivity contribution in [2.45, 2.75) is 6.04 Å². The van der Waals surface area contributed by atoms with E-state index in [9.17, 15) is 4.79 Å². The Morgan fingerprint density at radius 1 is 1.60 bits per heavy atom. The second-order valence-electron chi connectivity index (χ2n) is 4.42. The zero-order chi connectivity index (χ0) is 14.7. The third-order valence-corrected chi connectivity index (χ3v) is 3.67. The maximum atomic E-state index is 12.0. The predicted octanol–water partition coefficient (Wildman–Crippen LogP) is 0.925. The summed E-state index contributed by atoms with van der Waals surface area (Å²) < 4.78 is 5.39. The molecule has 7 heteroatoms. The largest absolute Gasteiger partial charge is 0.389 e. The van der Waals surface area contributed by atoms with Gasteiger partial charge in [0.1, 0.15) is 11.0 Å². The third kappa shape index (κ3) is 3.03. The number of carbonyl (C=O) groups is 1. The molecule has 1 unspecified atom stereocenters. The van der Waals surface area contributed by atoms with Gasteiger partial charge >= 0.3 is 0 Å². The maximum absolute atomic E-state index is 12.0. The molecule has 1 aromatic carbocycles. The van der Waals surface area contributed by atoms with Crippen LogP contribution in [-0.4, -0.2) is 43.7 Å². The van der Waals surface area contributed by atoms with Crippen molar-refractivity contribution in [2.24, 2.45) is 5.73 Å². The topological polar surface area (TPSA) is 67.6 Å². The number of ether oxygens (including phenoxy) is 1. The molecule has 2 rings (SSSR count). The monoisotopic (exact) mass is 313 g/mol. The van der Waals surface area contributed by atoms with Crippen LogP contribution in [0, 0.1) is 0 Å². The van der Waals surface area contributed by atoms with Crippen molar-refractivity contribution in [1.82, 2.24) is 5.32 Å². The van der Waals surface area contributed by atoms with E-state index in [4.69, 9.17) is 34.3 Å². The number of rotatable bonds is 3. The first-order valence-corrected chi connectivity index (χ1v) is 6.98. The number of nitrogens with two attached hydrogens (primary N) is 1. The van der Waals surface area contributed by atoms with Crippen molar-refractivity contribution in [3.63, 3.8) is 0 Å². The molecule has 0 spiro atoms. The van der Waals surface area contributed by atoms with Crippen molar-refractivity contribution in [3.8, 4) is 0 Å². The number of thiocarbonyl (C=S) groups is 1. The number of nitrogens with zero attached hydrogens (tertiary/aromatic N) is 1. The van der Waals surface area contributed by atoms with E-state index in [1.54, 1.807) is 25.2 Å². The van der Waals surface area contributed by atoms with Crippen molar-refractivity contribution >= 4 is 40.4 Å². The molecular formula is C13H16ClN3O2S. The van der Waals surface area contributed by atoms with Crippen molar-refractivity contribution in [2.75, 3.05) is 31.7 Å². The highest BCUT2D eigenvalue weighted by molar-refractivity contribution is 7.80. The van der Waals surface area contributed by atoms with Gasteiger partial charge in [0.25, 0.3) is 0 Å². The number of anilines is 1. The summed E-state index contributed by atoms with van der Waals surface area (Å²) in [6.07, 6.45) is 0. The summed E-state index contributed by atoms with van der Waals surface area (Å²) in [5.41, 5.74) is 7.23. The van der Waals surface area contributed by atoms with Gasteiger partial charge in [-0.15, -0.1) is 0 Å². The molecule has 1 amide bonds. The highest BCUT2D eigenvalue weighted by atomic mass is 35.5. The van der Waals surface area contributed by atoms with Gasteiger partial charge in [-0.05, 0) is 18.2 Å². The minimum Gasteiger partial charge on any atom is -0.389 e. The minimum atomic E-state index is -0.416. The molecule has 1 saturated heterocycles. The molecule has 1 heterocycles. The van der Waals surface area contributed by atoms with Gasteiger partial charge in [0.15, 0.2) is 0 Å².